The SMILES string of the molecule is CN1Cc2cc(-c3cncnc3)ccc2C(c2ccc3sccc3c2)C1. The third kappa shape index (κ3) is 2.71. The summed E-state index contributed by atoms with van der Waals surface area (Å²) in [6.45, 7) is 2.03. The summed E-state index contributed by atoms with van der Waals surface area (Å²) in [5.74, 6) is 0.411. The highest BCUT2D eigenvalue weighted by molar-refractivity contribution is 7.17. The highest BCUT2D eigenvalue weighted by Crippen LogP contribution is 2.36. The van der Waals surface area contributed by atoms with Crippen molar-refractivity contribution in [1.82, 2.24) is 14.9 Å². The van der Waals surface area contributed by atoms with Crippen LogP contribution in [0.3, 0.4) is 0 Å². The van der Waals surface area contributed by atoms with Crippen LogP contribution in [0.25, 0.3) is 21.2 Å². The smallest absolute Gasteiger partial charge is 0.115 e. The summed E-state index contributed by atoms with van der Waals surface area (Å²) in [4.78, 5) is 10.7. The van der Waals surface area contributed by atoms with Gasteiger partial charge < -0.3 is 4.90 Å². The van der Waals surface area contributed by atoms with Crippen LogP contribution in [0.2, 0.25) is 0 Å². The molecule has 0 saturated heterocycles. The van der Waals surface area contributed by atoms with E-state index in [-0.39, 0.29) is 0 Å². The molecule has 2 aromatic heterocycles. The van der Waals surface area contributed by atoms with E-state index in [9.17, 15) is 0 Å². The molecule has 26 heavy (non-hydrogen) atoms. The lowest BCUT2D eigenvalue weighted by Gasteiger charge is -2.33. The number of nitrogens with zero attached hydrogens (tertiary/aromatic N) is 3. The first-order chi connectivity index (χ1) is 12.8. The molecule has 2 aromatic carbocycles. The van der Waals surface area contributed by atoms with E-state index in [0.29, 0.717) is 5.92 Å². The van der Waals surface area contributed by atoms with Crippen LogP contribution in [-0.4, -0.2) is 28.5 Å². The molecule has 0 saturated carbocycles. The predicted octanol–water partition coefficient (Wildman–Crippen LogP) is 4.94. The van der Waals surface area contributed by atoms with Crippen LogP contribution in [0.15, 0.2) is 66.6 Å². The van der Waals surface area contributed by atoms with Gasteiger partial charge in [0.1, 0.15) is 6.33 Å². The van der Waals surface area contributed by atoms with Gasteiger partial charge in [-0.05, 0) is 64.3 Å². The zero-order chi connectivity index (χ0) is 17.5. The van der Waals surface area contributed by atoms with Crippen molar-refractivity contribution >= 4 is 21.4 Å². The number of aromatic nitrogens is 2. The molecule has 4 aromatic rings. The van der Waals surface area contributed by atoms with Gasteiger partial charge in [-0.25, -0.2) is 9.97 Å². The number of thiophene rings is 1. The Morgan fingerprint density at radius 2 is 1.88 bits per heavy atom. The lowest BCUT2D eigenvalue weighted by Crippen LogP contribution is -2.31. The fourth-order valence-corrected chi connectivity index (χ4v) is 4.73. The summed E-state index contributed by atoms with van der Waals surface area (Å²) in [6, 6.07) is 15.9. The van der Waals surface area contributed by atoms with Crippen molar-refractivity contribution in [3.05, 3.63) is 83.3 Å². The number of fused-ring (bicyclic) bond motifs is 2. The second-order valence-corrected chi connectivity index (χ2v) is 7.96. The van der Waals surface area contributed by atoms with Gasteiger partial charge in [0.2, 0.25) is 0 Å². The number of likely N-dealkylation sites (N-methyl/N-ethyl adjacent to an activating group) is 1. The Morgan fingerprint density at radius 3 is 2.77 bits per heavy atom. The van der Waals surface area contributed by atoms with E-state index in [1.54, 1.807) is 17.7 Å². The van der Waals surface area contributed by atoms with E-state index in [0.717, 1.165) is 18.7 Å². The molecule has 128 valence electrons. The predicted molar refractivity (Wildman–Crippen MR) is 107 cm³/mol. The van der Waals surface area contributed by atoms with Gasteiger partial charge >= 0.3 is 0 Å². The second kappa shape index (κ2) is 6.31. The molecule has 0 amide bonds. The molecule has 5 rings (SSSR count). The highest BCUT2D eigenvalue weighted by Gasteiger charge is 2.25. The number of hydrogen-bond acceptors (Lipinski definition) is 4. The van der Waals surface area contributed by atoms with E-state index in [1.807, 2.05) is 12.4 Å². The Kier molecular flexibility index (Phi) is 3.80. The molecule has 3 nitrogen and oxygen atoms in total. The Hall–Kier alpha value is -2.56. The molecular weight excluding hydrogens is 338 g/mol. The Balaban J connectivity index is 1.59. The standard InChI is InChI=1S/C22H19N3S/c1-25-12-18-8-15(19-10-23-14-24-11-19)2-4-20(18)21(13-25)16-3-5-22-17(9-16)6-7-26-22/h2-11,14,21H,12-13H2,1H3. The monoisotopic (exact) mass is 357 g/mol. The third-order valence-corrected chi connectivity index (χ3v) is 6.12. The summed E-state index contributed by atoms with van der Waals surface area (Å²) < 4.78 is 1.36. The largest absolute Gasteiger partial charge is 0.301 e. The zero-order valence-corrected chi connectivity index (χ0v) is 15.4. The van der Waals surface area contributed by atoms with E-state index in [4.69, 9.17) is 0 Å². The minimum absolute atomic E-state index is 0.411. The summed E-state index contributed by atoms with van der Waals surface area (Å²) in [7, 11) is 2.21. The number of benzene rings is 2. The molecule has 1 aliphatic heterocycles. The third-order valence-electron chi connectivity index (χ3n) is 5.23. The average molecular weight is 357 g/mol. The second-order valence-electron chi connectivity index (χ2n) is 7.01. The normalized spacial score (nSPS) is 17.3. The molecular formula is C22H19N3S. The quantitative estimate of drug-likeness (QED) is 0.509. The fourth-order valence-electron chi connectivity index (χ4n) is 3.96. The first-order valence-electron chi connectivity index (χ1n) is 8.82. The van der Waals surface area contributed by atoms with Gasteiger partial charge in [-0.15, -0.1) is 11.3 Å². The van der Waals surface area contributed by atoms with E-state index in [1.165, 1.54) is 32.3 Å². The Labute approximate surface area is 157 Å². The van der Waals surface area contributed by atoms with Crippen LogP contribution in [0, 0.1) is 0 Å². The van der Waals surface area contributed by atoms with Crippen LogP contribution in [-0.2, 0) is 6.54 Å². The van der Waals surface area contributed by atoms with Crippen LogP contribution in [0.1, 0.15) is 22.6 Å². The maximum absolute atomic E-state index is 4.15. The molecule has 0 fully saturated rings. The van der Waals surface area contributed by atoms with Crippen LogP contribution in [0.4, 0.5) is 0 Å². The highest BCUT2D eigenvalue weighted by atomic mass is 32.1. The van der Waals surface area contributed by atoms with Crippen molar-refractivity contribution < 1.29 is 0 Å². The fraction of sp³-hybridized carbons (Fsp3) is 0.182. The number of rotatable bonds is 2. The molecule has 0 N–H and O–H groups in total. The van der Waals surface area contributed by atoms with Gasteiger partial charge in [0.15, 0.2) is 0 Å². The van der Waals surface area contributed by atoms with Gasteiger partial charge in [0.25, 0.3) is 0 Å². The molecule has 0 aliphatic carbocycles. The molecule has 4 heteroatoms. The van der Waals surface area contributed by atoms with Crippen LogP contribution < -0.4 is 0 Å². The maximum atomic E-state index is 4.15. The minimum atomic E-state index is 0.411. The van der Waals surface area contributed by atoms with Crippen molar-refractivity contribution in [2.75, 3.05) is 13.6 Å². The average Bonchev–Trinajstić information content (AvgIpc) is 3.15. The first-order valence-corrected chi connectivity index (χ1v) is 9.70. The van der Waals surface area contributed by atoms with Gasteiger partial charge in [-0.3, -0.25) is 0 Å². The van der Waals surface area contributed by atoms with Crippen LogP contribution in [0.5, 0.6) is 0 Å². The summed E-state index contributed by atoms with van der Waals surface area (Å²) in [5.41, 5.74) is 6.50. The molecule has 1 atom stereocenters. The van der Waals surface area contributed by atoms with Crippen molar-refractivity contribution in [1.29, 1.82) is 0 Å². The zero-order valence-electron chi connectivity index (χ0n) is 14.6. The molecule has 1 aliphatic rings. The molecule has 0 bridgehead atoms. The van der Waals surface area contributed by atoms with Gasteiger partial charge in [-0.2, -0.15) is 0 Å². The van der Waals surface area contributed by atoms with Crippen molar-refractivity contribution in [2.24, 2.45) is 0 Å². The van der Waals surface area contributed by atoms with Crippen molar-refractivity contribution in [3.8, 4) is 11.1 Å². The van der Waals surface area contributed by atoms with Crippen molar-refractivity contribution in [3.63, 3.8) is 0 Å². The summed E-state index contributed by atoms with van der Waals surface area (Å²) in [5, 5.41) is 3.52. The molecule has 0 radical (unpaired) electrons. The lowest BCUT2D eigenvalue weighted by atomic mass is 9.83. The van der Waals surface area contributed by atoms with Gasteiger partial charge in [0.05, 0.1) is 0 Å². The molecule has 0 spiro atoms. The summed E-state index contributed by atoms with van der Waals surface area (Å²) >= 11 is 1.81. The van der Waals surface area contributed by atoms with E-state index in [2.05, 4.69) is 69.8 Å². The topological polar surface area (TPSA) is 29.0 Å². The molecule has 1 unspecified atom stereocenters. The lowest BCUT2D eigenvalue weighted by molar-refractivity contribution is 0.295. The Bertz CT molecular complexity index is 1070. The van der Waals surface area contributed by atoms with Gasteiger partial charge in [0, 0.05) is 41.7 Å². The first kappa shape index (κ1) is 15.7. The minimum Gasteiger partial charge on any atom is -0.301 e. The summed E-state index contributed by atoms with van der Waals surface area (Å²) in [6.07, 6.45) is 5.33. The maximum Gasteiger partial charge on any atom is 0.115 e. The molecule has 3 heterocycles. The van der Waals surface area contributed by atoms with Gasteiger partial charge in [-0.1, -0.05) is 18.2 Å². The van der Waals surface area contributed by atoms with Crippen molar-refractivity contribution in [2.45, 2.75) is 12.5 Å². The van der Waals surface area contributed by atoms with E-state index >= 15 is 0 Å². The van der Waals surface area contributed by atoms with E-state index < -0.39 is 0 Å². The Morgan fingerprint density at radius 1 is 1.00 bits per heavy atom. The van der Waals surface area contributed by atoms with Crippen LogP contribution >= 0.6 is 11.3 Å². The number of hydrogen-bond donors (Lipinski definition) is 0.